The van der Waals surface area contributed by atoms with Crippen LogP contribution in [0.1, 0.15) is 21.7 Å². The molecule has 0 radical (unpaired) electrons. The molecule has 2 heterocycles. The molecular weight excluding hydrogens is 353 g/mol. The Kier molecular flexibility index (Phi) is 7.48. The monoisotopic (exact) mass is 373 g/mol. The highest BCUT2D eigenvalue weighted by atomic mass is 35.5. The first kappa shape index (κ1) is 19.9. The molecule has 0 bridgehead atoms. The van der Waals surface area contributed by atoms with Crippen molar-refractivity contribution in [1.29, 1.82) is 0 Å². The Hall–Kier alpha value is -1.14. The minimum Gasteiger partial charge on any atom is -0.339 e. The molecule has 1 N–H and O–H groups in total. The predicted molar refractivity (Wildman–Crippen MR) is 98.6 cm³/mol. The van der Waals surface area contributed by atoms with Crippen molar-refractivity contribution < 1.29 is 4.79 Å². The Bertz CT molecular complexity index is 662. The van der Waals surface area contributed by atoms with E-state index < -0.39 is 0 Å². The maximum atomic E-state index is 12.6. The number of nitrogens with one attached hydrogen (secondary N) is 1. The lowest BCUT2D eigenvalue weighted by atomic mass is 9.95. The molecule has 1 atom stereocenters. The molecule has 1 aliphatic rings. The van der Waals surface area contributed by atoms with Gasteiger partial charge in [-0.3, -0.25) is 4.79 Å². The summed E-state index contributed by atoms with van der Waals surface area (Å²) >= 11 is 1.61. The lowest BCUT2D eigenvalue weighted by Gasteiger charge is -2.29. The van der Waals surface area contributed by atoms with Gasteiger partial charge >= 0.3 is 0 Å². The number of hydrogen-bond acceptors (Lipinski definition) is 4. The van der Waals surface area contributed by atoms with Gasteiger partial charge in [-0.2, -0.15) is 0 Å². The standard InChI is InChI=1S/C16H19N3OS.2ClH/c1-11-15(21-10-18-11)9-19(2)16(20)14-7-12-5-3-4-6-13(12)8-17-14;;/h3-6,10,14,17H,7-9H2,1-2H3;2*1H. The fraction of sp³-hybridized carbons (Fsp3) is 0.375. The van der Waals surface area contributed by atoms with Crippen LogP contribution in [0.5, 0.6) is 0 Å². The van der Waals surface area contributed by atoms with E-state index in [0.717, 1.165) is 23.5 Å². The lowest BCUT2D eigenvalue weighted by molar-refractivity contribution is -0.132. The average Bonchev–Trinajstić information content (AvgIpc) is 2.91. The maximum Gasteiger partial charge on any atom is 0.240 e. The molecule has 7 heteroatoms. The maximum absolute atomic E-state index is 12.6. The molecule has 4 nitrogen and oxygen atoms in total. The van der Waals surface area contributed by atoms with Crippen LogP contribution in [0.3, 0.4) is 0 Å². The summed E-state index contributed by atoms with van der Waals surface area (Å²) in [7, 11) is 1.86. The Labute approximate surface area is 153 Å². The van der Waals surface area contributed by atoms with Crippen LogP contribution in [0, 0.1) is 6.92 Å². The summed E-state index contributed by atoms with van der Waals surface area (Å²) < 4.78 is 0. The summed E-state index contributed by atoms with van der Waals surface area (Å²) in [5.74, 6) is 0.150. The van der Waals surface area contributed by atoms with Gasteiger partial charge in [0, 0.05) is 18.5 Å². The highest BCUT2D eigenvalue weighted by Crippen LogP contribution is 2.19. The molecule has 0 saturated heterocycles. The van der Waals surface area contributed by atoms with Gasteiger partial charge in [-0.1, -0.05) is 24.3 Å². The molecular formula is C16H21Cl2N3OS. The summed E-state index contributed by atoms with van der Waals surface area (Å²) in [6, 6.07) is 8.19. The van der Waals surface area contributed by atoms with Gasteiger partial charge in [0.25, 0.3) is 0 Å². The number of hydrogen-bond donors (Lipinski definition) is 1. The van der Waals surface area contributed by atoms with E-state index in [4.69, 9.17) is 0 Å². The highest BCUT2D eigenvalue weighted by Gasteiger charge is 2.26. The van der Waals surface area contributed by atoms with Crippen molar-refractivity contribution in [3.8, 4) is 0 Å². The molecule has 1 aromatic carbocycles. The van der Waals surface area contributed by atoms with Crippen LogP contribution in [0.2, 0.25) is 0 Å². The number of carbonyl (C=O) groups excluding carboxylic acids is 1. The zero-order valence-corrected chi connectivity index (χ0v) is 15.6. The fourth-order valence-corrected chi connectivity index (χ4v) is 3.50. The van der Waals surface area contributed by atoms with Crippen molar-refractivity contribution in [3.05, 3.63) is 51.5 Å². The second-order valence-corrected chi connectivity index (χ2v) is 6.40. The van der Waals surface area contributed by atoms with Gasteiger partial charge in [-0.25, -0.2) is 4.98 Å². The molecule has 1 unspecified atom stereocenters. The van der Waals surface area contributed by atoms with E-state index in [1.54, 1.807) is 16.2 Å². The molecule has 1 aromatic heterocycles. The first-order valence-corrected chi connectivity index (χ1v) is 7.97. The molecule has 1 aliphatic heterocycles. The number of carbonyl (C=O) groups is 1. The Morgan fingerprint density at radius 1 is 1.35 bits per heavy atom. The van der Waals surface area contributed by atoms with Gasteiger partial charge in [-0.05, 0) is 24.5 Å². The van der Waals surface area contributed by atoms with Crippen LogP contribution >= 0.6 is 36.2 Å². The number of aromatic nitrogens is 1. The van der Waals surface area contributed by atoms with E-state index in [2.05, 4.69) is 22.4 Å². The van der Waals surface area contributed by atoms with Crippen LogP contribution in [0.15, 0.2) is 29.8 Å². The zero-order valence-electron chi connectivity index (χ0n) is 13.1. The second kappa shape index (κ2) is 8.64. The quantitative estimate of drug-likeness (QED) is 0.899. The number of fused-ring (bicyclic) bond motifs is 1. The third-order valence-corrected chi connectivity index (χ3v) is 4.90. The van der Waals surface area contributed by atoms with Crippen molar-refractivity contribution in [3.63, 3.8) is 0 Å². The smallest absolute Gasteiger partial charge is 0.240 e. The predicted octanol–water partition coefficient (Wildman–Crippen LogP) is 2.97. The van der Waals surface area contributed by atoms with Gasteiger partial charge < -0.3 is 10.2 Å². The van der Waals surface area contributed by atoms with Gasteiger partial charge in [0.1, 0.15) is 0 Å². The number of aryl methyl sites for hydroxylation is 1. The number of rotatable bonds is 3. The topological polar surface area (TPSA) is 45.2 Å². The van der Waals surface area contributed by atoms with Gasteiger partial charge in [0.2, 0.25) is 5.91 Å². The summed E-state index contributed by atoms with van der Waals surface area (Å²) in [5.41, 5.74) is 5.42. The van der Waals surface area contributed by atoms with E-state index in [1.165, 1.54) is 11.1 Å². The lowest BCUT2D eigenvalue weighted by Crippen LogP contribution is -2.48. The number of amides is 1. The van der Waals surface area contributed by atoms with Crippen molar-refractivity contribution in [1.82, 2.24) is 15.2 Å². The number of halogens is 2. The van der Waals surface area contributed by atoms with Gasteiger partial charge in [-0.15, -0.1) is 36.2 Å². The number of benzene rings is 1. The summed E-state index contributed by atoms with van der Waals surface area (Å²) in [4.78, 5) is 19.8. The molecule has 0 saturated carbocycles. The Morgan fingerprint density at radius 3 is 2.70 bits per heavy atom. The van der Waals surface area contributed by atoms with E-state index >= 15 is 0 Å². The normalized spacial score (nSPS) is 15.8. The zero-order chi connectivity index (χ0) is 14.8. The molecule has 0 aliphatic carbocycles. The van der Waals surface area contributed by atoms with Crippen molar-refractivity contribution in [2.45, 2.75) is 32.5 Å². The van der Waals surface area contributed by atoms with Crippen LogP contribution in [0.4, 0.5) is 0 Å². The minimum absolute atomic E-state index is 0. The third kappa shape index (κ3) is 4.44. The van der Waals surface area contributed by atoms with Gasteiger partial charge in [0.05, 0.1) is 23.8 Å². The first-order chi connectivity index (χ1) is 10.1. The average molecular weight is 374 g/mol. The van der Waals surface area contributed by atoms with Crippen molar-refractivity contribution >= 4 is 42.1 Å². The van der Waals surface area contributed by atoms with E-state index in [9.17, 15) is 4.79 Å². The third-order valence-electron chi connectivity index (χ3n) is 3.98. The number of nitrogens with zero attached hydrogens (tertiary/aromatic N) is 2. The summed E-state index contributed by atoms with van der Waals surface area (Å²) in [6.07, 6.45) is 0.765. The number of thiazole rings is 1. The second-order valence-electron chi connectivity index (χ2n) is 5.46. The Balaban J connectivity index is 0.00000132. The van der Waals surface area contributed by atoms with Gasteiger partial charge in [0.15, 0.2) is 0 Å². The largest absolute Gasteiger partial charge is 0.339 e. The SMILES string of the molecule is Cc1ncsc1CN(C)C(=O)C1Cc2ccccc2CN1.Cl.Cl. The van der Waals surface area contributed by atoms with Crippen molar-refractivity contribution in [2.24, 2.45) is 0 Å². The minimum atomic E-state index is -0.127. The van der Waals surface area contributed by atoms with E-state index in [0.29, 0.717) is 6.54 Å². The van der Waals surface area contributed by atoms with Crippen LogP contribution < -0.4 is 5.32 Å². The van der Waals surface area contributed by atoms with E-state index in [-0.39, 0.29) is 36.8 Å². The fourth-order valence-electron chi connectivity index (χ4n) is 2.67. The van der Waals surface area contributed by atoms with Crippen LogP contribution in [0.25, 0.3) is 0 Å². The summed E-state index contributed by atoms with van der Waals surface area (Å²) in [5, 5.41) is 3.35. The highest BCUT2D eigenvalue weighted by molar-refractivity contribution is 7.09. The Morgan fingerprint density at radius 2 is 2.04 bits per heavy atom. The van der Waals surface area contributed by atoms with Crippen molar-refractivity contribution in [2.75, 3.05) is 7.05 Å². The molecule has 0 fully saturated rings. The molecule has 3 rings (SSSR count). The number of likely N-dealkylation sites (N-methyl/N-ethyl adjacent to an activating group) is 1. The van der Waals surface area contributed by atoms with E-state index in [1.807, 2.05) is 31.6 Å². The molecule has 126 valence electrons. The molecule has 23 heavy (non-hydrogen) atoms. The molecule has 1 amide bonds. The van der Waals surface area contributed by atoms with Crippen LogP contribution in [-0.2, 0) is 24.3 Å². The van der Waals surface area contributed by atoms with Crippen LogP contribution in [-0.4, -0.2) is 28.9 Å². The molecule has 0 spiro atoms. The summed E-state index contributed by atoms with van der Waals surface area (Å²) in [6.45, 7) is 3.38. The first-order valence-electron chi connectivity index (χ1n) is 7.09. The molecule has 2 aromatic rings.